The SMILES string of the molecule is C=C1C[C@@H](C[C@H]2C[C@@H](O)C[C@@H](C[C@H](CCOB(P)S)OCc3ccc(OC)cc3)O2)O[C@@H](/C=C/C(C)(C)[C@]2(OC)O[C@H](C[C@@H](O[Si](C)(C)C(C)(C)C)[C@@H](C)OCOCc3ccccc3)CCC2=O)C1. The zero-order valence-corrected chi connectivity index (χ0v) is 46.2. The standard InChI is InChI=1S/C53H84BO12PSSi/c1-37-27-44(63-46(28-37)32-48-30-41(55)29-47(64-48)31-43(24-26-62-54(67)68)60-35-40-17-19-42(57-8)20-18-40)23-25-52(6,7)53(58-9)50(56)22-21-45(65-53)33-49(66-69(10,11)51(3,4)5)38(2)61-36-59-34-39-15-13-12-14-16-39/h12-20,23,25,38,41,43-49,55,68H,1,21-22,24,26-36,67H2,2-11H3/b25-23+/t38-,41+,43+,44+,45+,46+,47+,48-,49-,53-/m1/s1. The van der Waals surface area contributed by atoms with Gasteiger partial charge in [0.1, 0.15) is 12.5 Å². The minimum absolute atomic E-state index is 0.0294. The highest BCUT2D eigenvalue weighted by Gasteiger charge is 2.55. The fourth-order valence-electron chi connectivity index (χ4n) is 9.31. The largest absolute Gasteiger partial charge is 0.497 e. The van der Waals surface area contributed by atoms with Gasteiger partial charge in [-0.25, -0.2) is 0 Å². The number of carbonyl (C=O) groups excluding carboxylic acids is 1. The molecule has 1 N–H and O–H groups in total. The molecule has 3 fully saturated rings. The molecule has 3 heterocycles. The number of rotatable bonds is 26. The fraction of sp³-hybridized carbons (Fsp3) is 0.679. The number of thiol groups is 1. The second-order valence-electron chi connectivity index (χ2n) is 21.3. The number of aliphatic hydroxyl groups excluding tert-OH is 1. The van der Waals surface area contributed by atoms with E-state index < -0.39 is 25.6 Å². The van der Waals surface area contributed by atoms with Crippen LogP contribution in [0.25, 0.3) is 0 Å². The van der Waals surface area contributed by atoms with Crippen LogP contribution in [0.5, 0.6) is 5.75 Å². The maximum atomic E-state index is 14.1. The summed E-state index contributed by atoms with van der Waals surface area (Å²) >= 11 is 4.35. The summed E-state index contributed by atoms with van der Waals surface area (Å²) in [6, 6.07) is 17.9. The van der Waals surface area contributed by atoms with Gasteiger partial charge < -0.3 is 52.1 Å². The molecule has 3 aliphatic heterocycles. The van der Waals surface area contributed by atoms with E-state index in [0.29, 0.717) is 84.0 Å². The maximum absolute atomic E-state index is 14.1. The third-order valence-electron chi connectivity index (χ3n) is 14.3. The van der Waals surface area contributed by atoms with E-state index in [1.54, 1.807) is 14.2 Å². The van der Waals surface area contributed by atoms with Gasteiger partial charge in [-0.3, -0.25) is 4.79 Å². The summed E-state index contributed by atoms with van der Waals surface area (Å²) in [7, 11) is 3.50. The lowest BCUT2D eigenvalue weighted by molar-refractivity contribution is -0.285. The average Bonchev–Trinajstić information content (AvgIpc) is 3.28. The van der Waals surface area contributed by atoms with E-state index in [2.05, 4.69) is 62.0 Å². The number of benzene rings is 2. The molecule has 1 unspecified atom stereocenters. The quantitative estimate of drug-likeness (QED) is 0.0232. The van der Waals surface area contributed by atoms with Gasteiger partial charge in [0.15, 0.2) is 14.1 Å². The number of hydrogen-bond acceptors (Lipinski definition) is 13. The van der Waals surface area contributed by atoms with Crippen LogP contribution in [0.15, 0.2) is 78.9 Å². The minimum atomic E-state index is -2.25. The van der Waals surface area contributed by atoms with Crippen LogP contribution in [0.1, 0.15) is 117 Å². The molecule has 11 atom stereocenters. The summed E-state index contributed by atoms with van der Waals surface area (Å²) in [6.07, 6.45) is 7.27. The molecular formula is C53H84BO12PSSi. The molecule has 0 aliphatic carbocycles. The zero-order chi connectivity index (χ0) is 50.4. The van der Waals surface area contributed by atoms with Crippen LogP contribution in [0.3, 0.4) is 0 Å². The smallest absolute Gasteiger partial charge is 0.380 e. The molecule has 2 aromatic carbocycles. The van der Waals surface area contributed by atoms with Crippen LogP contribution < -0.4 is 4.74 Å². The molecule has 386 valence electrons. The van der Waals surface area contributed by atoms with Crippen molar-refractivity contribution >= 4 is 41.6 Å². The first-order chi connectivity index (χ1) is 32.6. The first-order valence-electron chi connectivity index (χ1n) is 24.9. The van der Waals surface area contributed by atoms with E-state index in [0.717, 1.165) is 22.4 Å². The average molecular weight is 1020 g/mol. The van der Waals surface area contributed by atoms with Gasteiger partial charge in [-0.05, 0) is 93.3 Å². The zero-order valence-electron chi connectivity index (χ0n) is 43.2. The Labute approximate surface area is 423 Å². The van der Waals surface area contributed by atoms with Crippen molar-refractivity contribution in [3.05, 3.63) is 90.0 Å². The minimum Gasteiger partial charge on any atom is -0.497 e. The van der Waals surface area contributed by atoms with E-state index in [4.69, 9.17) is 47.0 Å². The van der Waals surface area contributed by atoms with Gasteiger partial charge in [0.05, 0.1) is 75.3 Å². The molecule has 0 radical (unpaired) electrons. The van der Waals surface area contributed by atoms with Crippen molar-refractivity contribution in [2.75, 3.05) is 27.6 Å². The Balaban J connectivity index is 1.21. The van der Waals surface area contributed by atoms with Crippen LogP contribution in [0, 0.1) is 5.41 Å². The summed E-state index contributed by atoms with van der Waals surface area (Å²) in [6.45, 7) is 23.1. The Hall–Kier alpha value is -1.95. The lowest BCUT2D eigenvalue weighted by Crippen LogP contribution is -2.59. The number of carbonyl (C=O) groups is 1. The van der Waals surface area contributed by atoms with E-state index in [1.807, 2.05) is 87.5 Å². The molecule has 12 nitrogen and oxygen atoms in total. The van der Waals surface area contributed by atoms with Crippen molar-refractivity contribution in [2.45, 2.75) is 198 Å². The van der Waals surface area contributed by atoms with Crippen molar-refractivity contribution in [3.63, 3.8) is 0 Å². The molecule has 2 aromatic rings. The van der Waals surface area contributed by atoms with E-state index in [-0.39, 0.29) is 72.4 Å². The van der Waals surface area contributed by atoms with Crippen molar-refractivity contribution in [3.8, 4) is 5.75 Å². The van der Waals surface area contributed by atoms with E-state index in [9.17, 15) is 9.90 Å². The Morgan fingerprint density at radius 1 is 0.942 bits per heavy atom. The molecule has 16 heteroatoms. The summed E-state index contributed by atoms with van der Waals surface area (Å²) in [5, 5.41) is 11.1. The lowest BCUT2D eigenvalue weighted by atomic mass is 9.76. The van der Waals surface area contributed by atoms with Gasteiger partial charge in [-0.1, -0.05) is 101 Å². The van der Waals surface area contributed by atoms with Gasteiger partial charge in [0.2, 0.25) is 5.79 Å². The molecule has 0 bridgehead atoms. The van der Waals surface area contributed by atoms with Crippen molar-refractivity contribution in [1.82, 2.24) is 0 Å². The molecule has 0 aromatic heterocycles. The second-order valence-corrected chi connectivity index (χ2v) is 27.8. The topological polar surface area (TPSA) is 130 Å². The second kappa shape index (κ2) is 26.8. The van der Waals surface area contributed by atoms with Gasteiger partial charge in [-0.2, -0.15) is 12.5 Å². The molecule has 0 saturated carbocycles. The molecular weight excluding hydrogens is 931 g/mol. The Bertz CT molecular complexity index is 1900. The van der Waals surface area contributed by atoms with E-state index >= 15 is 0 Å². The third-order valence-corrected chi connectivity index (χ3v) is 19.2. The van der Waals surface area contributed by atoms with Crippen molar-refractivity contribution < 1.29 is 56.9 Å². The van der Waals surface area contributed by atoms with Gasteiger partial charge in [0, 0.05) is 38.4 Å². The van der Waals surface area contributed by atoms with Gasteiger partial charge in [-0.15, -0.1) is 9.12 Å². The highest BCUT2D eigenvalue weighted by Crippen LogP contribution is 2.45. The van der Waals surface area contributed by atoms with E-state index in [1.165, 1.54) is 0 Å². The van der Waals surface area contributed by atoms with Crippen LogP contribution in [-0.4, -0.2) is 113 Å². The van der Waals surface area contributed by atoms with Crippen LogP contribution in [0.2, 0.25) is 18.1 Å². The monoisotopic (exact) mass is 1010 g/mol. The highest BCUT2D eigenvalue weighted by molar-refractivity contribution is 8.23. The Kier molecular flexibility index (Phi) is 22.5. The lowest BCUT2D eigenvalue weighted by Gasteiger charge is -2.48. The van der Waals surface area contributed by atoms with Gasteiger partial charge >= 0.3 is 5.91 Å². The van der Waals surface area contributed by atoms with Crippen LogP contribution in [0.4, 0.5) is 0 Å². The summed E-state index contributed by atoms with van der Waals surface area (Å²) in [5.41, 5.74) is 2.32. The van der Waals surface area contributed by atoms with Crippen LogP contribution >= 0.6 is 21.6 Å². The molecule has 0 spiro atoms. The predicted octanol–water partition coefficient (Wildman–Crippen LogP) is 10.6. The summed E-state index contributed by atoms with van der Waals surface area (Å²) in [4.78, 5) is 14.1. The normalized spacial score (nSPS) is 26.5. The predicted molar refractivity (Wildman–Crippen MR) is 282 cm³/mol. The number of aliphatic hydroxyl groups is 1. The summed E-state index contributed by atoms with van der Waals surface area (Å²) < 4.78 is 63.2. The maximum Gasteiger partial charge on any atom is 0.380 e. The molecule has 0 amide bonds. The first-order valence-corrected chi connectivity index (χ1v) is 29.0. The summed E-state index contributed by atoms with van der Waals surface area (Å²) in [5.74, 6) is -1.10. The molecule has 3 saturated heterocycles. The highest BCUT2D eigenvalue weighted by atomic mass is 32.1. The van der Waals surface area contributed by atoms with Crippen molar-refractivity contribution in [1.29, 1.82) is 0 Å². The number of Topliss-reactive ketones (excluding diaryl/α,β-unsaturated/α-hetero) is 1. The van der Waals surface area contributed by atoms with Crippen LogP contribution in [-0.2, 0) is 60.2 Å². The Morgan fingerprint density at radius 3 is 2.30 bits per heavy atom. The number of ether oxygens (including phenoxy) is 8. The molecule has 3 aliphatic rings. The molecule has 5 rings (SSSR count). The third kappa shape index (κ3) is 17.6. The number of ketones is 1. The number of methoxy groups -OCH3 is 2. The fourth-order valence-corrected chi connectivity index (χ4v) is 10.9. The van der Waals surface area contributed by atoms with Gasteiger partial charge in [0.25, 0.3) is 0 Å². The Morgan fingerprint density at radius 2 is 1.64 bits per heavy atom. The van der Waals surface area contributed by atoms with Crippen molar-refractivity contribution in [2.24, 2.45) is 5.41 Å². The first kappa shape index (κ1) is 57.9. The number of hydrogen-bond donors (Lipinski definition) is 2. The molecule has 69 heavy (non-hydrogen) atoms.